The molecule has 2 rings (SSSR count). The van der Waals surface area contributed by atoms with Crippen molar-refractivity contribution in [2.45, 2.75) is 25.8 Å². The Labute approximate surface area is 111 Å². The first kappa shape index (κ1) is 12.7. The molecule has 94 valence electrons. The molecule has 17 heavy (non-hydrogen) atoms. The molecule has 3 nitrogen and oxygen atoms in total. The van der Waals surface area contributed by atoms with Crippen LogP contribution in [0.15, 0.2) is 22.7 Å². The van der Waals surface area contributed by atoms with Gasteiger partial charge in [-0.25, -0.2) is 0 Å². The summed E-state index contributed by atoms with van der Waals surface area (Å²) >= 11 is 3.53. The summed E-state index contributed by atoms with van der Waals surface area (Å²) in [6, 6.07) is 6.34. The van der Waals surface area contributed by atoms with Crippen molar-refractivity contribution in [2.75, 3.05) is 30.7 Å². The maximum Gasteiger partial charge on any atom is 0.0488 e. The summed E-state index contributed by atoms with van der Waals surface area (Å²) in [5.41, 5.74) is 7.63. The number of hydrogen-bond donors (Lipinski definition) is 2. The van der Waals surface area contributed by atoms with E-state index in [0.717, 1.165) is 22.4 Å². The number of nitrogens with one attached hydrogen (secondary N) is 1. The summed E-state index contributed by atoms with van der Waals surface area (Å²) in [6.45, 7) is 5.82. The quantitative estimate of drug-likeness (QED) is 0.840. The van der Waals surface area contributed by atoms with Gasteiger partial charge in [0.05, 0.1) is 0 Å². The molecule has 1 fully saturated rings. The fourth-order valence-corrected chi connectivity index (χ4v) is 2.82. The summed E-state index contributed by atoms with van der Waals surface area (Å²) in [5, 5.41) is 3.52. The molecule has 1 aromatic rings. The van der Waals surface area contributed by atoms with Crippen molar-refractivity contribution in [3.05, 3.63) is 22.7 Å². The SMILES string of the molecule is CC(CN1CCCC1)Nc1ccc(N)cc1Br. The molecule has 1 heterocycles. The third-order valence-electron chi connectivity index (χ3n) is 3.13. The molecule has 3 N–H and O–H groups in total. The second-order valence-electron chi connectivity index (χ2n) is 4.79. The molecule has 0 aromatic heterocycles. The van der Waals surface area contributed by atoms with Crippen LogP contribution in [0.3, 0.4) is 0 Å². The average Bonchev–Trinajstić information content (AvgIpc) is 2.75. The van der Waals surface area contributed by atoms with Crippen molar-refractivity contribution in [1.29, 1.82) is 0 Å². The van der Waals surface area contributed by atoms with Crippen LogP contribution in [0.5, 0.6) is 0 Å². The molecule has 0 spiro atoms. The summed E-state index contributed by atoms with van der Waals surface area (Å²) in [5.74, 6) is 0. The lowest BCUT2D eigenvalue weighted by atomic mass is 10.2. The molecule has 0 bridgehead atoms. The van der Waals surface area contributed by atoms with Gasteiger partial charge in [-0.15, -0.1) is 0 Å². The van der Waals surface area contributed by atoms with Gasteiger partial charge in [0.25, 0.3) is 0 Å². The van der Waals surface area contributed by atoms with Crippen LogP contribution in [0.25, 0.3) is 0 Å². The number of nitrogens with zero attached hydrogens (tertiary/aromatic N) is 1. The van der Waals surface area contributed by atoms with Gasteiger partial charge in [-0.2, -0.15) is 0 Å². The van der Waals surface area contributed by atoms with E-state index in [9.17, 15) is 0 Å². The topological polar surface area (TPSA) is 41.3 Å². The van der Waals surface area contributed by atoms with Crippen molar-refractivity contribution in [3.8, 4) is 0 Å². The van der Waals surface area contributed by atoms with Gasteiger partial charge < -0.3 is 16.0 Å². The van der Waals surface area contributed by atoms with E-state index in [1.54, 1.807) is 0 Å². The Morgan fingerprint density at radius 3 is 2.76 bits per heavy atom. The minimum Gasteiger partial charge on any atom is -0.399 e. The van der Waals surface area contributed by atoms with E-state index in [4.69, 9.17) is 5.73 Å². The summed E-state index contributed by atoms with van der Waals surface area (Å²) < 4.78 is 1.03. The van der Waals surface area contributed by atoms with Crippen molar-refractivity contribution in [2.24, 2.45) is 0 Å². The zero-order valence-electron chi connectivity index (χ0n) is 10.2. The largest absolute Gasteiger partial charge is 0.399 e. The third-order valence-corrected chi connectivity index (χ3v) is 3.78. The maximum absolute atomic E-state index is 5.72. The standard InChI is InChI=1S/C13H20BrN3/c1-10(9-17-6-2-3-7-17)16-13-5-4-11(15)8-12(13)14/h4-5,8,10,16H,2-3,6-7,9,15H2,1H3. The predicted octanol–water partition coefficient (Wildman–Crippen LogP) is 2.93. The number of hydrogen-bond acceptors (Lipinski definition) is 3. The Morgan fingerprint density at radius 1 is 1.41 bits per heavy atom. The van der Waals surface area contributed by atoms with Crippen LogP contribution in [0.1, 0.15) is 19.8 Å². The predicted molar refractivity (Wildman–Crippen MR) is 77.3 cm³/mol. The first-order chi connectivity index (χ1) is 8.15. The van der Waals surface area contributed by atoms with Crippen LogP contribution < -0.4 is 11.1 Å². The molecule has 0 amide bonds. The van der Waals surface area contributed by atoms with Crippen molar-refractivity contribution < 1.29 is 0 Å². The van der Waals surface area contributed by atoms with E-state index < -0.39 is 0 Å². The number of likely N-dealkylation sites (tertiary alicyclic amines) is 1. The Hall–Kier alpha value is -0.740. The normalized spacial score (nSPS) is 18.2. The molecular formula is C13H20BrN3. The van der Waals surface area contributed by atoms with Gasteiger partial charge >= 0.3 is 0 Å². The van der Waals surface area contributed by atoms with Gasteiger partial charge in [0, 0.05) is 28.4 Å². The van der Waals surface area contributed by atoms with Crippen LogP contribution in [-0.2, 0) is 0 Å². The first-order valence-electron chi connectivity index (χ1n) is 6.19. The monoisotopic (exact) mass is 297 g/mol. The molecule has 0 aliphatic carbocycles. The Bertz CT molecular complexity index is 375. The van der Waals surface area contributed by atoms with E-state index in [1.165, 1.54) is 25.9 Å². The van der Waals surface area contributed by atoms with Crippen molar-refractivity contribution in [3.63, 3.8) is 0 Å². The minimum atomic E-state index is 0.452. The second kappa shape index (κ2) is 5.74. The van der Waals surface area contributed by atoms with Gasteiger partial charge in [0.2, 0.25) is 0 Å². The zero-order chi connectivity index (χ0) is 12.3. The highest BCUT2D eigenvalue weighted by Gasteiger charge is 2.14. The van der Waals surface area contributed by atoms with Gasteiger partial charge in [0.15, 0.2) is 0 Å². The number of nitrogen functional groups attached to an aromatic ring is 1. The van der Waals surface area contributed by atoms with Gasteiger partial charge in [0.1, 0.15) is 0 Å². The van der Waals surface area contributed by atoms with E-state index >= 15 is 0 Å². The maximum atomic E-state index is 5.72. The number of rotatable bonds is 4. The van der Waals surface area contributed by atoms with E-state index in [-0.39, 0.29) is 0 Å². The Kier molecular flexibility index (Phi) is 4.29. The summed E-state index contributed by atoms with van der Waals surface area (Å²) in [7, 11) is 0. The molecule has 1 unspecified atom stereocenters. The number of nitrogens with two attached hydrogens (primary N) is 1. The molecular weight excluding hydrogens is 278 g/mol. The lowest BCUT2D eigenvalue weighted by molar-refractivity contribution is 0.328. The van der Waals surface area contributed by atoms with Gasteiger partial charge in [-0.1, -0.05) is 0 Å². The first-order valence-corrected chi connectivity index (χ1v) is 6.98. The Morgan fingerprint density at radius 2 is 2.12 bits per heavy atom. The third kappa shape index (κ3) is 3.61. The molecule has 4 heteroatoms. The van der Waals surface area contributed by atoms with E-state index in [0.29, 0.717) is 6.04 Å². The van der Waals surface area contributed by atoms with Gasteiger partial charge in [-0.3, -0.25) is 0 Å². The van der Waals surface area contributed by atoms with E-state index in [2.05, 4.69) is 33.1 Å². The van der Waals surface area contributed by atoms with Crippen LogP contribution in [0.4, 0.5) is 11.4 Å². The smallest absolute Gasteiger partial charge is 0.0488 e. The number of anilines is 2. The number of benzene rings is 1. The van der Waals surface area contributed by atoms with Crippen molar-refractivity contribution >= 4 is 27.3 Å². The van der Waals surface area contributed by atoms with Gasteiger partial charge in [-0.05, 0) is 67.0 Å². The fraction of sp³-hybridized carbons (Fsp3) is 0.538. The molecule has 1 aromatic carbocycles. The van der Waals surface area contributed by atoms with E-state index in [1.807, 2.05) is 18.2 Å². The summed E-state index contributed by atoms with van der Waals surface area (Å²) in [4.78, 5) is 2.52. The van der Waals surface area contributed by atoms with Crippen LogP contribution in [0, 0.1) is 0 Å². The second-order valence-corrected chi connectivity index (χ2v) is 5.65. The molecule has 1 aliphatic heterocycles. The highest BCUT2D eigenvalue weighted by Crippen LogP contribution is 2.25. The van der Waals surface area contributed by atoms with Crippen LogP contribution in [0.2, 0.25) is 0 Å². The number of halogens is 1. The fourth-order valence-electron chi connectivity index (χ4n) is 2.31. The molecule has 1 aliphatic rings. The van der Waals surface area contributed by atoms with Crippen molar-refractivity contribution in [1.82, 2.24) is 4.90 Å². The molecule has 1 saturated heterocycles. The minimum absolute atomic E-state index is 0.452. The molecule has 1 atom stereocenters. The molecule has 0 saturated carbocycles. The lowest BCUT2D eigenvalue weighted by Gasteiger charge is -2.22. The Balaban J connectivity index is 1.90. The highest BCUT2D eigenvalue weighted by molar-refractivity contribution is 9.10. The van der Waals surface area contributed by atoms with Crippen LogP contribution >= 0.6 is 15.9 Å². The zero-order valence-corrected chi connectivity index (χ0v) is 11.8. The highest BCUT2D eigenvalue weighted by atomic mass is 79.9. The lowest BCUT2D eigenvalue weighted by Crippen LogP contribution is -2.33. The molecule has 0 radical (unpaired) electrons. The van der Waals surface area contributed by atoms with Crippen LogP contribution in [-0.4, -0.2) is 30.6 Å². The summed E-state index contributed by atoms with van der Waals surface area (Å²) in [6.07, 6.45) is 2.69. The average molecular weight is 298 g/mol.